The van der Waals surface area contributed by atoms with Crippen LogP contribution in [-0.2, 0) is 17.6 Å². The van der Waals surface area contributed by atoms with E-state index >= 15 is 0 Å². The zero-order valence-electron chi connectivity index (χ0n) is 15.1. The third-order valence-corrected chi connectivity index (χ3v) is 5.81. The molecule has 1 aliphatic heterocycles. The Kier molecular flexibility index (Phi) is 5.25. The van der Waals surface area contributed by atoms with E-state index < -0.39 is 0 Å². The van der Waals surface area contributed by atoms with Gasteiger partial charge in [-0.1, -0.05) is 12.1 Å². The van der Waals surface area contributed by atoms with E-state index in [4.69, 9.17) is 14.5 Å². The predicted molar refractivity (Wildman–Crippen MR) is 108 cm³/mol. The molecule has 2 aliphatic rings. The largest absolute Gasteiger partial charge is 0.486 e. The number of hydrogen-bond donors (Lipinski definition) is 0. The molecule has 140 valence electrons. The van der Waals surface area contributed by atoms with Crippen molar-refractivity contribution < 1.29 is 14.3 Å². The molecule has 0 saturated heterocycles. The average molecular weight is 382 g/mol. The minimum Gasteiger partial charge on any atom is -0.486 e. The van der Waals surface area contributed by atoms with E-state index in [1.54, 1.807) is 34.5 Å². The van der Waals surface area contributed by atoms with Crippen LogP contribution in [0, 0.1) is 0 Å². The van der Waals surface area contributed by atoms with Crippen LogP contribution in [0.4, 0.5) is 5.13 Å². The second kappa shape index (κ2) is 7.96. The van der Waals surface area contributed by atoms with E-state index in [0.29, 0.717) is 25.5 Å². The molecule has 0 fully saturated rings. The maximum absolute atomic E-state index is 12.8. The van der Waals surface area contributed by atoms with Crippen molar-refractivity contribution in [2.75, 3.05) is 24.7 Å². The number of hydrogen-bond acceptors (Lipinski definition) is 5. The molecule has 4 rings (SSSR count). The van der Waals surface area contributed by atoms with Crippen molar-refractivity contribution in [1.29, 1.82) is 0 Å². The Hall–Kier alpha value is -2.60. The summed E-state index contributed by atoms with van der Waals surface area (Å²) in [5.74, 6) is 1.36. The summed E-state index contributed by atoms with van der Waals surface area (Å²) in [6.45, 7) is 5.33. The van der Waals surface area contributed by atoms with Crippen LogP contribution in [0.15, 0.2) is 36.9 Å². The van der Waals surface area contributed by atoms with Gasteiger partial charge in [0.1, 0.15) is 13.2 Å². The van der Waals surface area contributed by atoms with Crippen molar-refractivity contribution in [2.24, 2.45) is 0 Å². The first-order valence-corrected chi connectivity index (χ1v) is 10.0. The highest BCUT2D eigenvalue weighted by Gasteiger charge is 2.21. The molecule has 0 N–H and O–H groups in total. The molecule has 1 aromatic carbocycles. The summed E-state index contributed by atoms with van der Waals surface area (Å²) in [6.07, 6.45) is 9.56. The van der Waals surface area contributed by atoms with Gasteiger partial charge in [0, 0.05) is 17.5 Å². The molecule has 2 heterocycles. The topological polar surface area (TPSA) is 51.7 Å². The summed E-state index contributed by atoms with van der Waals surface area (Å²) in [7, 11) is 0. The number of nitrogens with zero attached hydrogens (tertiary/aromatic N) is 2. The molecule has 1 amide bonds. The Labute approximate surface area is 162 Å². The van der Waals surface area contributed by atoms with Crippen molar-refractivity contribution in [1.82, 2.24) is 4.98 Å². The summed E-state index contributed by atoms with van der Waals surface area (Å²) < 4.78 is 11.1. The molecule has 1 aromatic heterocycles. The first-order valence-electron chi connectivity index (χ1n) is 9.23. The lowest BCUT2D eigenvalue weighted by Crippen LogP contribution is -2.29. The fourth-order valence-corrected chi connectivity index (χ4v) is 4.43. The molecule has 6 heteroatoms. The fraction of sp³-hybridized carbons (Fsp3) is 0.333. The first kappa shape index (κ1) is 17.8. The van der Waals surface area contributed by atoms with Crippen LogP contribution < -0.4 is 14.4 Å². The van der Waals surface area contributed by atoms with Gasteiger partial charge in [0.05, 0.1) is 5.69 Å². The lowest BCUT2D eigenvalue weighted by atomic mass is 10.0. The van der Waals surface area contributed by atoms with E-state index in [0.717, 1.165) is 35.0 Å². The molecule has 0 atom stereocenters. The lowest BCUT2D eigenvalue weighted by Gasteiger charge is -2.18. The van der Waals surface area contributed by atoms with Gasteiger partial charge in [-0.2, -0.15) is 0 Å². The molecule has 0 saturated carbocycles. The van der Waals surface area contributed by atoms with Crippen LogP contribution in [0.1, 0.15) is 29.0 Å². The third kappa shape index (κ3) is 3.90. The van der Waals surface area contributed by atoms with Crippen molar-refractivity contribution in [3.05, 3.63) is 53.1 Å². The van der Waals surface area contributed by atoms with Crippen LogP contribution in [0.3, 0.4) is 0 Å². The van der Waals surface area contributed by atoms with Crippen molar-refractivity contribution >= 4 is 28.5 Å². The Balaban J connectivity index is 1.53. The van der Waals surface area contributed by atoms with Gasteiger partial charge in [-0.3, -0.25) is 9.69 Å². The van der Waals surface area contributed by atoms with E-state index in [9.17, 15) is 4.79 Å². The van der Waals surface area contributed by atoms with Gasteiger partial charge in [0.25, 0.3) is 5.91 Å². The molecule has 1 aliphatic carbocycles. The highest BCUT2D eigenvalue weighted by atomic mass is 32.1. The van der Waals surface area contributed by atoms with Gasteiger partial charge in [0.2, 0.25) is 0 Å². The van der Waals surface area contributed by atoms with Crippen molar-refractivity contribution in [2.45, 2.75) is 25.7 Å². The Morgan fingerprint density at radius 1 is 1.22 bits per heavy atom. The van der Waals surface area contributed by atoms with Crippen molar-refractivity contribution in [3.8, 4) is 11.5 Å². The Morgan fingerprint density at radius 2 is 2.04 bits per heavy atom. The Bertz CT molecular complexity index is 864. The average Bonchev–Trinajstić information content (AvgIpc) is 3.14. The van der Waals surface area contributed by atoms with Crippen LogP contribution in [-0.4, -0.2) is 30.6 Å². The van der Waals surface area contributed by atoms with Crippen molar-refractivity contribution in [3.63, 3.8) is 0 Å². The van der Waals surface area contributed by atoms with E-state index in [2.05, 4.69) is 6.58 Å². The normalized spacial score (nSPS) is 15.4. The standard InChI is InChI=1S/C21H22N2O3S/c1-2-11-23(21-22-16-5-3-4-6-19(16)27-21)20(24)10-8-15-7-9-17-18(14-15)26-13-12-25-17/h2,7-10,14H,1,3-6,11-13H2. The Morgan fingerprint density at radius 3 is 2.85 bits per heavy atom. The van der Waals surface area contributed by atoms with E-state index in [-0.39, 0.29) is 5.91 Å². The van der Waals surface area contributed by atoms with Crippen LogP contribution in [0.2, 0.25) is 0 Å². The monoisotopic (exact) mass is 382 g/mol. The summed E-state index contributed by atoms with van der Waals surface area (Å²) in [6, 6.07) is 5.67. The number of carbonyl (C=O) groups excluding carboxylic acids is 1. The molecule has 0 radical (unpaired) electrons. The predicted octanol–water partition coefficient (Wildman–Crippen LogP) is 4.03. The molecule has 0 spiro atoms. The van der Waals surface area contributed by atoms with E-state index in [1.165, 1.54) is 17.7 Å². The number of aryl methyl sites for hydroxylation is 2. The van der Waals surface area contributed by atoms with Gasteiger partial charge in [-0.25, -0.2) is 4.98 Å². The van der Waals surface area contributed by atoms with Gasteiger partial charge in [-0.05, 0) is 49.5 Å². The number of aromatic nitrogens is 1. The van der Waals surface area contributed by atoms with Gasteiger partial charge < -0.3 is 9.47 Å². The first-order chi connectivity index (χ1) is 13.2. The summed E-state index contributed by atoms with van der Waals surface area (Å²) in [5, 5.41) is 0.763. The summed E-state index contributed by atoms with van der Waals surface area (Å²) >= 11 is 1.63. The third-order valence-electron chi connectivity index (χ3n) is 4.63. The van der Waals surface area contributed by atoms with E-state index in [1.807, 2.05) is 18.2 Å². The van der Waals surface area contributed by atoms with Gasteiger partial charge in [-0.15, -0.1) is 17.9 Å². The second-order valence-electron chi connectivity index (χ2n) is 6.55. The quantitative estimate of drug-likeness (QED) is 0.579. The number of ether oxygens (including phenoxy) is 2. The maximum atomic E-state index is 12.8. The van der Waals surface area contributed by atoms with Gasteiger partial charge >= 0.3 is 0 Å². The number of benzene rings is 1. The smallest absolute Gasteiger partial charge is 0.253 e. The zero-order valence-corrected chi connectivity index (χ0v) is 16.0. The van der Waals surface area contributed by atoms with Gasteiger partial charge in [0.15, 0.2) is 16.6 Å². The molecular formula is C21H22N2O3S. The molecule has 0 unspecified atom stereocenters. The number of anilines is 1. The maximum Gasteiger partial charge on any atom is 0.253 e. The number of rotatable bonds is 5. The molecule has 2 aromatic rings. The van der Waals surface area contributed by atoms with Crippen LogP contribution >= 0.6 is 11.3 Å². The highest BCUT2D eigenvalue weighted by molar-refractivity contribution is 7.16. The van der Waals surface area contributed by atoms with Crippen LogP contribution in [0.5, 0.6) is 11.5 Å². The highest BCUT2D eigenvalue weighted by Crippen LogP contribution is 2.33. The number of amides is 1. The molecule has 5 nitrogen and oxygen atoms in total. The summed E-state index contributed by atoms with van der Waals surface area (Å²) in [5.41, 5.74) is 2.04. The molecule has 27 heavy (non-hydrogen) atoms. The molecular weight excluding hydrogens is 360 g/mol. The number of carbonyl (C=O) groups is 1. The minimum atomic E-state index is -0.101. The zero-order chi connectivity index (χ0) is 18.6. The number of thiazole rings is 1. The number of fused-ring (bicyclic) bond motifs is 2. The fourth-order valence-electron chi connectivity index (χ4n) is 3.27. The second-order valence-corrected chi connectivity index (χ2v) is 7.61. The lowest BCUT2D eigenvalue weighted by molar-refractivity contribution is -0.114. The van der Waals surface area contributed by atoms with Crippen LogP contribution in [0.25, 0.3) is 6.08 Å². The summed E-state index contributed by atoms with van der Waals surface area (Å²) in [4.78, 5) is 20.5. The molecule has 0 bridgehead atoms. The SMILES string of the molecule is C=CCN(C(=O)C=Cc1ccc2c(c1)OCCO2)c1nc2c(s1)CCCC2. The minimum absolute atomic E-state index is 0.101.